The van der Waals surface area contributed by atoms with Crippen LogP contribution in [0.4, 0.5) is 0 Å². The Hall–Kier alpha value is -2.64. The molecule has 38 heavy (non-hydrogen) atoms. The van der Waals surface area contributed by atoms with Gasteiger partial charge in [-0.15, -0.1) is 12.4 Å². The van der Waals surface area contributed by atoms with Gasteiger partial charge in [0.15, 0.2) is 23.0 Å². The van der Waals surface area contributed by atoms with Crippen molar-refractivity contribution in [3.63, 3.8) is 0 Å². The molecule has 0 fully saturated rings. The molecule has 0 heterocycles. The highest BCUT2D eigenvalue weighted by Crippen LogP contribution is 2.52. The standard InChI is InChI=1S/C30H43NO6.ClH/c1-20(2)30(19-29(32)33)23(11-10-22-17-27(36-5)28(37-6)18-24(22)30)13-15-31-14-7-8-21-9-12-25(34-3)26(16-21)35-4;/h9,12,16-18,20,23,31H,7-8,10-11,13-15,19H2,1-6H3,(H,32,33);1H. The van der Waals surface area contributed by atoms with E-state index in [1.165, 1.54) is 11.1 Å². The predicted octanol–water partition coefficient (Wildman–Crippen LogP) is 5.69. The van der Waals surface area contributed by atoms with E-state index < -0.39 is 11.4 Å². The Morgan fingerprint density at radius 3 is 2.21 bits per heavy atom. The number of fused-ring (bicyclic) bond motifs is 1. The number of hydrogen-bond acceptors (Lipinski definition) is 6. The summed E-state index contributed by atoms with van der Waals surface area (Å²) in [6, 6.07) is 10.1. The minimum Gasteiger partial charge on any atom is -0.493 e. The lowest BCUT2D eigenvalue weighted by Gasteiger charge is -2.48. The fourth-order valence-corrected chi connectivity index (χ4v) is 6.10. The van der Waals surface area contributed by atoms with Crippen LogP contribution in [0.15, 0.2) is 30.3 Å². The zero-order valence-corrected chi connectivity index (χ0v) is 24.4. The quantitative estimate of drug-likeness (QED) is 0.293. The first-order valence-electron chi connectivity index (χ1n) is 13.2. The molecular formula is C30H44ClNO6. The summed E-state index contributed by atoms with van der Waals surface area (Å²) < 4.78 is 21.9. The molecule has 2 aromatic rings. The maximum Gasteiger partial charge on any atom is 0.304 e. The van der Waals surface area contributed by atoms with Crippen LogP contribution in [0.5, 0.6) is 23.0 Å². The summed E-state index contributed by atoms with van der Waals surface area (Å²) in [7, 11) is 6.56. The molecule has 1 aliphatic rings. The Bertz CT molecular complexity index is 1060. The van der Waals surface area contributed by atoms with Crippen molar-refractivity contribution in [3.05, 3.63) is 47.0 Å². The van der Waals surface area contributed by atoms with Gasteiger partial charge in [-0.2, -0.15) is 0 Å². The summed E-state index contributed by atoms with van der Waals surface area (Å²) in [5, 5.41) is 13.6. The molecular weight excluding hydrogens is 506 g/mol. The maximum absolute atomic E-state index is 12.2. The number of ether oxygens (including phenoxy) is 4. The Morgan fingerprint density at radius 2 is 1.61 bits per heavy atom. The lowest BCUT2D eigenvalue weighted by atomic mass is 9.55. The highest BCUT2D eigenvalue weighted by molar-refractivity contribution is 5.85. The van der Waals surface area contributed by atoms with Crippen LogP contribution in [0.25, 0.3) is 0 Å². The van der Waals surface area contributed by atoms with E-state index in [1.807, 2.05) is 24.3 Å². The average Bonchev–Trinajstić information content (AvgIpc) is 2.89. The van der Waals surface area contributed by atoms with Gasteiger partial charge in [-0.1, -0.05) is 19.9 Å². The van der Waals surface area contributed by atoms with Crippen LogP contribution in [0.2, 0.25) is 0 Å². The summed E-state index contributed by atoms with van der Waals surface area (Å²) in [6.45, 7) is 6.06. The Kier molecular flexibility index (Phi) is 12.0. The first-order valence-corrected chi connectivity index (χ1v) is 13.2. The van der Waals surface area contributed by atoms with Crippen molar-refractivity contribution >= 4 is 18.4 Å². The van der Waals surface area contributed by atoms with Crippen molar-refractivity contribution in [2.75, 3.05) is 41.5 Å². The van der Waals surface area contributed by atoms with E-state index in [0.29, 0.717) is 11.5 Å². The first-order chi connectivity index (χ1) is 17.8. The van der Waals surface area contributed by atoms with Crippen LogP contribution in [-0.4, -0.2) is 52.6 Å². The van der Waals surface area contributed by atoms with Gasteiger partial charge in [-0.25, -0.2) is 0 Å². The molecule has 2 aromatic carbocycles. The van der Waals surface area contributed by atoms with E-state index in [-0.39, 0.29) is 30.7 Å². The molecule has 2 unspecified atom stereocenters. The molecule has 2 N–H and O–H groups in total. The van der Waals surface area contributed by atoms with Gasteiger partial charge in [-0.3, -0.25) is 4.79 Å². The van der Waals surface area contributed by atoms with Crippen molar-refractivity contribution in [2.45, 2.75) is 57.8 Å². The summed E-state index contributed by atoms with van der Waals surface area (Å²) in [5.41, 5.74) is 3.03. The number of aryl methyl sites for hydroxylation is 2. The summed E-state index contributed by atoms with van der Waals surface area (Å²) >= 11 is 0. The monoisotopic (exact) mass is 549 g/mol. The first kappa shape index (κ1) is 31.6. The van der Waals surface area contributed by atoms with Crippen LogP contribution in [0, 0.1) is 11.8 Å². The minimum atomic E-state index is -0.760. The Morgan fingerprint density at radius 1 is 0.974 bits per heavy atom. The van der Waals surface area contributed by atoms with E-state index in [4.69, 9.17) is 18.9 Å². The zero-order valence-electron chi connectivity index (χ0n) is 23.6. The predicted molar refractivity (Wildman–Crippen MR) is 153 cm³/mol. The number of aliphatic carboxylic acids is 1. The molecule has 2 atom stereocenters. The summed E-state index contributed by atoms with van der Waals surface area (Å²) in [5.74, 6) is 2.51. The van der Waals surface area contributed by atoms with E-state index in [1.54, 1.807) is 28.4 Å². The smallest absolute Gasteiger partial charge is 0.304 e. The Balaban J connectivity index is 0.00000507. The van der Waals surface area contributed by atoms with Gasteiger partial charge in [0.1, 0.15) is 0 Å². The molecule has 0 aliphatic heterocycles. The molecule has 0 bridgehead atoms. The SMILES string of the molecule is COc1ccc(CCCNCCC2CCc3cc(OC)c(OC)cc3C2(CC(=O)O)C(C)C)cc1OC.Cl. The second-order valence-corrected chi connectivity index (χ2v) is 10.2. The topological polar surface area (TPSA) is 86.2 Å². The molecule has 3 rings (SSSR count). The molecule has 1 aliphatic carbocycles. The normalized spacial score (nSPS) is 18.3. The molecule has 0 spiro atoms. The van der Waals surface area contributed by atoms with Crippen LogP contribution < -0.4 is 24.3 Å². The molecule has 7 nitrogen and oxygen atoms in total. The number of halogens is 1. The van der Waals surface area contributed by atoms with Crippen molar-refractivity contribution in [2.24, 2.45) is 11.8 Å². The van der Waals surface area contributed by atoms with Crippen molar-refractivity contribution < 1.29 is 28.8 Å². The van der Waals surface area contributed by atoms with Gasteiger partial charge >= 0.3 is 5.97 Å². The van der Waals surface area contributed by atoms with Gasteiger partial charge in [0.25, 0.3) is 0 Å². The molecule has 0 radical (unpaired) electrons. The van der Waals surface area contributed by atoms with Crippen molar-refractivity contribution in [1.82, 2.24) is 5.32 Å². The summed E-state index contributed by atoms with van der Waals surface area (Å²) in [4.78, 5) is 12.2. The number of methoxy groups -OCH3 is 4. The van der Waals surface area contributed by atoms with Gasteiger partial charge in [0.2, 0.25) is 0 Å². The number of carbonyl (C=O) groups is 1. The lowest BCUT2D eigenvalue weighted by molar-refractivity contribution is -0.140. The number of hydrogen-bond donors (Lipinski definition) is 2. The molecule has 212 valence electrons. The third-order valence-electron chi connectivity index (χ3n) is 8.01. The third-order valence-corrected chi connectivity index (χ3v) is 8.01. The molecule has 8 heteroatoms. The number of benzene rings is 2. The Labute approximate surface area is 233 Å². The van der Waals surface area contributed by atoms with Crippen molar-refractivity contribution in [3.8, 4) is 23.0 Å². The number of nitrogens with one attached hydrogen (secondary N) is 1. The van der Waals surface area contributed by atoms with Crippen LogP contribution >= 0.6 is 12.4 Å². The van der Waals surface area contributed by atoms with E-state index in [2.05, 4.69) is 25.2 Å². The van der Waals surface area contributed by atoms with Gasteiger partial charge < -0.3 is 29.4 Å². The fraction of sp³-hybridized carbons (Fsp3) is 0.567. The largest absolute Gasteiger partial charge is 0.493 e. The van der Waals surface area contributed by atoms with Crippen molar-refractivity contribution in [1.29, 1.82) is 0 Å². The average molecular weight is 550 g/mol. The zero-order chi connectivity index (χ0) is 27.0. The molecule has 0 saturated carbocycles. The minimum absolute atomic E-state index is 0. The molecule has 0 saturated heterocycles. The second-order valence-electron chi connectivity index (χ2n) is 10.2. The second kappa shape index (κ2) is 14.5. The molecule has 0 amide bonds. The highest BCUT2D eigenvalue weighted by Gasteiger charge is 2.48. The van der Waals surface area contributed by atoms with Crippen LogP contribution in [-0.2, 0) is 23.1 Å². The lowest BCUT2D eigenvalue weighted by Crippen LogP contribution is -2.46. The van der Waals surface area contributed by atoms with Gasteiger partial charge in [0.05, 0.1) is 34.9 Å². The summed E-state index contributed by atoms with van der Waals surface area (Å²) in [6.07, 6.45) is 4.85. The van der Waals surface area contributed by atoms with Gasteiger partial charge in [-0.05, 0) is 98.0 Å². The van der Waals surface area contributed by atoms with Crippen LogP contribution in [0.3, 0.4) is 0 Å². The van der Waals surface area contributed by atoms with E-state index >= 15 is 0 Å². The van der Waals surface area contributed by atoms with Crippen LogP contribution in [0.1, 0.15) is 56.2 Å². The van der Waals surface area contributed by atoms with Gasteiger partial charge in [0, 0.05) is 5.41 Å². The number of carboxylic acids is 1. The van der Waals surface area contributed by atoms with E-state index in [9.17, 15) is 9.90 Å². The maximum atomic E-state index is 12.2. The number of carboxylic acid groups (broad SMARTS) is 1. The fourth-order valence-electron chi connectivity index (χ4n) is 6.10. The molecule has 0 aromatic heterocycles. The third kappa shape index (κ3) is 6.86. The highest BCUT2D eigenvalue weighted by atomic mass is 35.5. The number of rotatable bonds is 14. The van der Waals surface area contributed by atoms with E-state index in [0.717, 1.165) is 62.3 Å².